The van der Waals surface area contributed by atoms with Crippen molar-refractivity contribution in [3.63, 3.8) is 0 Å². The predicted molar refractivity (Wildman–Crippen MR) is 116 cm³/mol. The number of hydrogen-bond acceptors (Lipinski definition) is 5. The van der Waals surface area contributed by atoms with Crippen molar-refractivity contribution >= 4 is 28.6 Å². The van der Waals surface area contributed by atoms with E-state index in [0.29, 0.717) is 11.1 Å². The first-order chi connectivity index (χ1) is 14.2. The van der Waals surface area contributed by atoms with Crippen LogP contribution in [0, 0.1) is 5.41 Å². The lowest BCUT2D eigenvalue weighted by Gasteiger charge is -2.42. The summed E-state index contributed by atoms with van der Waals surface area (Å²) >= 11 is 1.45. The van der Waals surface area contributed by atoms with E-state index in [1.165, 1.54) is 49.9 Å². The molecule has 0 atom stereocenters. The number of para-hydroxylation sites is 2. The Bertz CT molecular complexity index is 990. The van der Waals surface area contributed by atoms with E-state index in [1.807, 2.05) is 12.1 Å². The Morgan fingerprint density at radius 1 is 1.17 bits per heavy atom. The second-order valence-electron chi connectivity index (χ2n) is 8.23. The number of rotatable bonds is 4. The quantitative estimate of drug-likeness (QED) is 0.642. The molecule has 3 heterocycles. The zero-order valence-corrected chi connectivity index (χ0v) is 17.2. The molecule has 7 heteroatoms. The Kier molecular flexibility index (Phi) is 4.83. The summed E-state index contributed by atoms with van der Waals surface area (Å²) in [6, 6.07) is 8.15. The molecule has 1 saturated carbocycles. The van der Waals surface area contributed by atoms with Gasteiger partial charge >= 0.3 is 0 Å². The molecule has 5 rings (SSSR count). The van der Waals surface area contributed by atoms with E-state index in [0.717, 1.165) is 35.0 Å². The van der Waals surface area contributed by atoms with Gasteiger partial charge in [0.15, 0.2) is 0 Å². The lowest BCUT2D eigenvalue weighted by atomic mass is 9.78. The maximum atomic E-state index is 12.9. The molecule has 1 aliphatic carbocycles. The van der Waals surface area contributed by atoms with E-state index >= 15 is 0 Å². The lowest BCUT2D eigenvalue weighted by Crippen LogP contribution is -2.42. The molecule has 6 nitrogen and oxygen atoms in total. The topological polar surface area (TPSA) is 73.9 Å². The summed E-state index contributed by atoms with van der Waals surface area (Å²) in [5, 5.41) is 12.4. The van der Waals surface area contributed by atoms with Crippen molar-refractivity contribution in [1.29, 1.82) is 0 Å². The number of amides is 1. The summed E-state index contributed by atoms with van der Waals surface area (Å²) in [4.78, 5) is 19.8. The number of benzene rings is 1. The van der Waals surface area contributed by atoms with Gasteiger partial charge in [-0.2, -0.15) is 5.10 Å². The highest BCUT2D eigenvalue weighted by Crippen LogP contribution is 2.46. The average Bonchev–Trinajstić information content (AvgIpc) is 3.50. The predicted octanol–water partition coefficient (Wildman–Crippen LogP) is 4.95. The van der Waals surface area contributed by atoms with Gasteiger partial charge in [0, 0.05) is 30.2 Å². The second-order valence-corrected chi connectivity index (χ2v) is 9.09. The van der Waals surface area contributed by atoms with Gasteiger partial charge in [0.05, 0.1) is 17.6 Å². The van der Waals surface area contributed by atoms with E-state index in [4.69, 9.17) is 0 Å². The molecule has 2 fully saturated rings. The average molecular weight is 408 g/mol. The number of thiazole rings is 1. The maximum Gasteiger partial charge on any atom is 0.275 e. The normalized spacial score (nSPS) is 18.3. The van der Waals surface area contributed by atoms with E-state index in [-0.39, 0.29) is 5.91 Å². The van der Waals surface area contributed by atoms with Crippen LogP contribution in [-0.2, 0) is 0 Å². The van der Waals surface area contributed by atoms with Crippen LogP contribution in [0.15, 0.2) is 42.0 Å². The summed E-state index contributed by atoms with van der Waals surface area (Å²) in [5.41, 5.74) is 3.79. The summed E-state index contributed by atoms with van der Waals surface area (Å²) in [6.07, 6.45) is 11.5. The summed E-state index contributed by atoms with van der Waals surface area (Å²) in [5.74, 6) is -0.170. The zero-order chi connectivity index (χ0) is 19.7. The molecule has 29 heavy (non-hydrogen) atoms. The van der Waals surface area contributed by atoms with E-state index < -0.39 is 0 Å². The van der Waals surface area contributed by atoms with Crippen molar-refractivity contribution < 1.29 is 4.79 Å². The van der Waals surface area contributed by atoms with Crippen molar-refractivity contribution in [3.8, 4) is 10.6 Å². The Balaban J connectivity index is 1.35. The number of aromatic nitrogens is 3. The Morgan fingerprint density at radius 3 is 2.83 bits per heavy atom. The lowest BCUT2D eigenvalue weighted by molar-refractivity contribution is 0.102. The van der Waals surface area contributed by atoms with Crippen LogP contribution in [0.2, 0.25) is 0 Å². The molecule has 0 bridgehead atoms. The van der Waals surface area contributed by atoms with Crippen LogP contribution in [0.25, 0.3) is 10.6 Å². The number of H-pyrrole nitrogens is 1. The number of aromatic amines is 1. The molecule has 0 unspecified atom stereocenters. The van der Waals surface area contributed by atoms with Gasteiger partial charge in [0.25, 0.3) is 5.91 Å². The van der Waals surface area contributed by atoms with Crippen molar-refractivity contribution in [3.05, 3.63) is 47.7 Å². The third kappa shape index (κ3) is 3.67. The highest BCUT2D eigenvalue weighted by Gasteiger charge is 2.38. The van der Waals surface area contributed by atoms with Crippen LogP contribution in [0.3, 0.4) is 0 Å². The number of anilines is 2. The molecule has 2 N–H and O–H groups in total. The number of carbonyl (C=O) groups excluding carboxylic acids is 1. The van der Waals surface area contributed by atoms with Crippen LogP contribution >= 0.6 is 11.3 Å². The summed E-state index contributed by atoms with van der Waals surface area (Å²) in [6.45, 7) is 2.15. The van der Waals surface area contributed by atoms with Crippen LogP contribution < -0.4 is 10.2 Å². The van der Waals surface area contributed by atoms with E-state index in [9.17, 15) is 4.79 Å². The molecule has 1 amide bonds. The van der Waals surface area contributed by atoms with Crippen LogP contribution in [0.5, 0.6) is 0 Å². The minimum Gasteiger partial charge on any atom is -0.369 e. The monoisotopic (exact) mass is 407 g/mol. The van der Waals surface area contributed by atoms with E-state index in [1.54, 1.807) is 17.8 Å². The smallest absolute Gasteiger partial charge is 0.275 e. The molecule has 2 aromatic heterocycles. The van der Waals surface area contributed by atoms with Crippen LogP contribution in [0.4, 0.5) is 11.4 Å². The van der Waals surface area contributed by atoms with Gasteiger partial charge in [0.1, 0.15) is 10.7 Å². The molecule has 1 spiro atoms. The molecular formula is C22H25N5OS. The van der Waals surface area contributed by atoms with Crippen LogP contribution in [-0.4, -0.2) is 34.2 Å². The Labute approximate surface area is 174 Å². The van der Waals surface area contributed by atoms with Crippen LogP contribution in [0.1, 0.15) is 49.0 Å². The Hall–Kier alpha value is -2.67. The van der Waals surface area contributed by atoms with Gasteiger partial charge in [-0.1, -0.05) is 25.0 Å². The minimum atomic E-state index is -0.170. The number of nitrogens with zero attached hydrogens (tertiary/aromatic N) is 3. The Morgan fingerprint density at radius 2 is 2.00 bits per heavy atom. The first-order valence-corrected chi connectivity index (χ1v) is 11.2. The molecular weight excluding hydrogens is 382 g/mol. The molecule has 2 aliphatic rings. The number of carbonyl (C=O) groups is 1. The highest BCUT2D eigenvalue weighted by atomic mass is 32.1. The van der Waals surface area contributed by atoms with Gasteiger partial charge < -0.3 is 10.2 Å². The first-order valence-electron chi connectivity index (χ1n) is 10.3. The molecule has 1 saturated heterocycles. The summed E-state index contributed by atoms with van der Waals surface area (Å²) in [7, 11) is 0. The molecule has 150 valence electrons. The fourth-order valence-electron chi connectivity index (χ4n) is 4.87. The van der Waals surface area contributed by atoms with Crippen molar-refractivity contribution in [2.24, 2.45) is 5.41 Å². The van der Waals surface area contributed by atoms with Crippen molar-refractivity contribution in [2.45, 2.75) is 38.5 Å². The number of nitrogens with one attached hydrogen (secondary N) is 2. The zero-order valence-electron chi connectivity index (χ0n) is 16.4. The largest absolute Gasteiger partial charge is 0.369 e. The van der Waals surface area contributed by atoms with Crippen molar-refractivity contribution in [2.75, 3.05) is 23.3 Å². The second kappa shape index (κ2) is 7.63. The van der Waals surface area contributed by atoms with Gasteiger partial charge in [-0.3, -0.25) is 9.89 Å². The minimum absolute atomic E-state index is 0.170. The van der Waals surface area contributed by atoms with Gasteiger partial charge in [-0.15, -0.1) is 11.3 Å². The maximum absolute atomic E-state index is 12.9. The van der Waals surface area contributed by atoms with E-state index in [2.05, 4.69) is 37.5 Å². The van der Waals surface area contributed by atoms with Crippen molar-refractivity contribution in [1.82, 2.24) is 15.2 Å². The molecule has 1 aliphatic heterocycles. The van der Waals surface area contributed by atoms with Gasteiger partial charge in [-0.25, -0.2) is 4.98 Å². The SMILES string of the molecule is O=C(Nc1ccccc1N1CCCC2(CCCC2)C1)c1csc(-c2cn[nH]c2)n1. The molecule has 1 aromatic carbocycles. The number of hydrogen-bond donors (Lipinski definition) is 2. The fourth-order valence-corrected chi connectivity index (χ4v) is 5.65. The third-order valence-corrected chi connectivity index (χ3v) is 7.19. The fraction of sp³-hybridized carbons (Fsp3) is 0.409. The molecule has 0 radical (unpaired) electrons. The van der Waals surface area contributed by atoms with Gasteiger partial charge in [0.2, 0.25) is 0 Å². The number of piperidine rings is 1. The first kappa shape index (κ1) is 18.4. The standard InChI is InChI=1S/C22H25N5OS/c28-20(18-14-29-21(26-18)16-12-23-24-13-16)25-17-6-1-2-7-19(17)27-11-5-10-22(15-27)8-3-4-9-22/h1-2,6-7,12-14H,3-5,8-11,15H2,(H,23,24)(H,25,28). The highest BCUT2D eigenvalue weighted by molar-refractivity contribution is 7.13. The van der Waals surface area contributed by atoms with Gasteiger partial charge in [-0.05, 0) is 43.2 Å². The third-order valence-electron chi connectivity index (χ3n) is 6.30. The summed E-state index contributed by atoms with van der Waals surface area (Å²) < 4.78 is 0. The molecule has 3 aromatic rings.